The minimum Gasteiger partial charge on any atom is -0.360 e. The van der Waals surface area contributed by atoms with Gasteiger partial charge >= 0.3 is 0 Å². The van der Waals surface area contributed by atoms with E-state index in [1.165, 1.54) is 43.0 Å². The Labute approximate surface area is 208 Å². The van der Waals surface area contributed by atoms with Gasteiger partial charge in [0.05, 0.1) is 10.6 Å². The van der Waals surface area contributed by atoms with Crippen LogP contribution in [0.5, 0.6) is 0 Å². The highest BCUT2D eigenvalue weighted by Crippen LogP contribution is 2.53. The standard InChI is InChI=1S/C27H30N4OS2/c1-3-18-6-4-7-20-22(14-28-25(18)20)23(32)15-34-27-30-29-26(24-8-5-11-33-24)31(27)16(2)21-13-17-9-10-19(21)12-17/h4-8,11,14,16-17,19,21,28H,3,9-10,12-13,15H2,1-2H3/t16-,17-,19-,21-/m0/s1. The molecule has 0 spiro atoms. The normalized spacial score (nSPS) is 22.6. The summed E-state index contributed by atoms with van der Waals surface area (Å²) in [6.45, 7) is 4.48. The van der Waals surface area contributed by atoms with Crippen molar-refractivity contribution < 1.29 is 4.79 Å². The van der Waals surface area contributed by atoms with E-state index in [9.17, 15) is 4.79 Å². The number of carbonyl (C=O) groups is 1. The third kappa shape index (κ3) is 3.73. The van der Waals surface area contributed by atoms with Crippen LogP contribution < -0.4 is 0 Å². The van der Waals surface area contributed by atoms with Gasteiger partial charge in [0.2, 0.25) is 0 Å². The molecule has 2 fully saturated rings. The summed E-state index contributed by atoms with van der Waals surface area (Å²) in [6.07, 6.45) is 8.26. The summed E-state index contributed by atoms with van der Waals surface area (Å²) >= 11 is 3.23. The van der Waals surface area contributed by atoms with Crippen molar-refractivity contribution >= 4 is 39.8 Å². The molecule has 2 bridgehead atoms. The lowest BCUT2D eigenvalue weighted by Gasteiger charge is -2.30. The first-order valence-corrected chi connectivity index (χ1v) is 14.2. The van der Waals surface area contributed by atoms with Crippen LogP contribution in [0.15, 0.2) is 47.1 Å². The summed E-state index contributed by atoms with van der Waals surface area (Å²) in [5.74, 6) is 3.81. The van der Waals surface area contributed by atoms with Gasteiger partial charge in [0.1, 0.15) is 0 Å². The third-order valence-electron chi connectivity index (χ3n) is 8.04. The van der Waals surface area contributed by atoms with Crippen molar-refractivity contribution in [1.82, 2.24) is 19.7 Å². The van der Waals surface area contributed by atoms with Crippen molar-refractivity contribution in [2.75, 3.05) is 5.75 Å². The summed E-state index contributed by atoms with van der Waals surface area (Å²) in [7, 11) is 0. The van der Waals surface area contributed by atoms with E-state index in [1.54, 1.807) is 11.3 Å². The Morgan fingerprint density at radius 1 is 1.24 bits per heavy atom. The Morgan fingerprint density at radius 2 is 2.15 bits per heavy atom. The number of benzene rings is 1. The van der Waals surface area contributed by atoms with E-state index < -0.39 is 0 Å². The number of aromatic amines is 1. The average Bonchev–Trinajstić information content (AvgIpc) is 3.68. The van der Waals surface area contributed by atoms with Crippen molar-refractivity contribution in [3.05, 3.63) is 53.0 Å². The van der Waals surface area contributed by atoms with Crippen LogP contribution in [0.25, 0.3) is 21.6 Å². The molecule has 176 valence electrons. The number of nitrogens with zero attached hydrogens (tertiary/aromatic N) is 3. The zero-order chi connectivity index (χ0) is 23.2. The van der Waals surface area contributed by atoms with E-state index in [1.807, 2.05) is 18.3 Å². The van der Waals surface area contributed by atoms with Gasteiger partial charge in [0.15, 0.2) is 16.8 Å². The molecule has 0 saturated heterocycles. The number of hydrogen-bond acceptors (Lipinski definition) is 5. The smallest absolute Gasteiger partial charge is 0.192 e. The van der Waals surface area contributed by atoms with Crippen molar-refractivity contribution in [2.45, 2.75) is 57.1 Å². The number of hydrogen-bond donors (Lipinski definition) is 1. The van der Waals surface area contributed by atoms with Crippen molar-refractivity contribution in [3.8, 4) is 10.7 Å². The highest BCUT2D eigenvalue weighted by atomic mass is 32.2. The quantitative estimate of drug-likeness (QED) is 0.213. The van der Waals surface area contributed by atoms with Crippen LogP contribution in [-0.4, -0.2) is 31.3 Å². The molecule has 0 aliphatic heterocycles. The van der Waals surface area contributed by atoms with E-state index in [0.717, 1.165) is 50.6 Å². The number of aromatic nitrogens is 4. The van der Waals surface area contributed by atoms with Gasteiger partial charge in [-0.05, 0) is 67.4 Å². The van der Waals surface area contributed by atoms with E-state index >= 15 is 0 Å². The molecule has 2 aliphatic rings. The Morgan fingerprint density at radius 3 is 2.88 bits per heavy atom. The van der Waals surface area contributed by atoms with Gasteiger partial charge in [-0.3, -0.25) is 9.36 Å². The number of fused-ring (bicyclic) bond motifs is 3. The summed E-state index contributed by atoms with van der Waals surface area (Å²) in [5, 5.41) is 13.2. The molecule has 1 aromatic carbocycles. The fourth-order valence-electron chi connectivity index (χ4n) is 6.34. The molecule has 2 aliphatic carbocycles. The van der Waals surface area contributed by atoms with Crippen LogP contribution in [0, 0.1) is 17.8 Å². The van der Waals surface area contributed by atoms with Crippen molar-refractivity contribution in [2.24, 2.45) is 17.8 Å². The third-order valence-corrected chi connectivity index (χ3v) is 9.85. The molecule has 34 heavy (non-hydrogen) atoms. The van der Waals surface area contributed by atoms with Crippen LogP contribution in [-0.2, 0) is 6.42 Å². The second-order valence-electron chi connectivity index (χ2n) is 9.84. The van der Waals surface area contributed by atoms with Gasteiger partial charge in [-0.15, -0.1) is 21.5 Å². The highest BCUT2D eigenvalue weighted by molar-refractivity contribution is 7.99. The molecule has 4 atom stereocenters. The predicted molar refractivity (Wildman–Crippen MR) is 140 cm³/mol. The van der Waals surface area contributed by atoms with E-state index in [-0.39, 0.29) is 5.78 Å². The number of H-pyrrole nitrogens is 1. The largest absolute Gasteiger partial charge is 0.360 e. The van der Waals surface area contributed by atoms with Gasteiger partial charge in [0.25, 0.3) is 0 Å². The number of Topliss-reactive ketones (excluding diaryl/α,β-unsaturated/α-hetero) is 1. The molecule has 7 heteroatoms. The number of carbonyl (C=O) groups excluding carboxylic acids is 1. The predicted octanol–water partition coefficient (Wildman–Crippen LogP) is 7.02. The Hall–Kier alpha value is -2.38. The molecule has 3 heterocycles. The van der Waals surface area contributed by atoms with Crippen LogP contribution >= 0.6 is 23.1 Å². The molecule has 5 nitrogen and oxygen atoms in total. The van der Waals surface area contributed by atoms with Crippen LogP contribution in [0.4, 0.5) is 0 Å². The number of para-hydroxylation sites is 1. The average molecular weight is 491 g/mol. The molecule has 2 saturated carbocycles. The zero-order valence-electron chi connectivity index (χ0n) is 19.7. The summed E-state index contributed by atoms with van der Waals surface area (Å²) < 4.78 is 2.33. The number of rotatable bonds is 8. The minimum absolute atomic E-state index is 0.129. The highest BCUT2D eigenvalue weighted by Gasteiger charge is 2.43. The van der Waals surface area contributed by atoms with Gasteiger partial charge in [-0.25, -0.2) is 0 Å². The van der Waals surface area contributed by atoms with E-state index in [2.05, 4.69) is 57.2 Å². The summed E-state index contributed by atoms with van der Waals surface area (Å²) in [4.78, 5) is 17.7. The number of thiophene rings is 1. The number of thioether (sulfide) groups is 1. The lowest BCUT2D eigenvalue weighted by molar-refractivity contribution is 0.102. The Balaban J connectivity index is 1.28. The van der Waals surface area contributed by atoms with E-state index in [0.29, 0.717) is 17.7 Å². The van der Waals surface area contributed by atoms with Gasteiger partial charge in [-0.1, -0.05) is 49.4 Å². The first-order valence-electron chi connectivity index (χ1n) is 12.4. The monoisotopic (exact) mass is 490 g/mol. The number of aryl methyl sites for hydroxylation is 1. The summed E-state index contributed by atoms with van der Waals surface area (Å²) in [6, 6.07) is 10.7. The zero-order valence-corrected chi connectivity index (χ0v) is 21.3. The first-order chi connectivity index (χ1) is 16.6. The maximum absolute atomic E-state index is 13.3. The molecule has 6 rings (SSSR count). The summed E-state index contributed by atoms with van der Waals surface area (Å²) in [5.41, 5.74) is 3.08. The molecular weight excluding hydrogens is 460 g/mol. The Kier molecular flexibility index (Phi) is 5.86. The molecule has 0 radical (unpaired) electrons. The fourth-order valence-corrected chi connectivity index (χ4v) is 7.95. The Bertz CT molecular complexity index is 1320. The van der Waals surface area contributed by atoms with Gasteiger partial charge < -0.3 is 4.98 Å². The minimum atomic E-state index is 0.129. The fraction of sp³-hybridized carbons (Fsp3) is 0.444. The number of nitrogens with one attached hydrogen (secondary N) is 1. The number of ketones is 1. The SMILES string of the molecule is CCc1cccc2c(C(=O)CSc3nnc(-c4cccs4)n3[C@@H](C)[C@@H]3C[C@H]4CC[C@H]3C4)c[nH]c12. The maximum atomic E-state index is 13.3. The van der Waals surface area contributed by atoms with Crippen LogP contribution in [0.3, 0.4) is 0 Å². The lowest BCUT2D eigenvalue weighted by Crippen LogP contribution is -2.23. The first kappa shape index (κ1) is 22.1. The second kappa shape index (κ2) is 9.00. The van der Waals surface area contributed by atoms with Crippen molar-refractivity contribution in [3.63, 3.8) is 0 Å². The molecule has 0 amide bonds. The van der Waals surface area contributed by atoms with Gasteiger partial charge in [0, 0.05) is 28.7 Å². The van der Waals surface area contributed by atoms with Crippen LogP contribution in [0.1, 0.15) is 61.5 Å². The van der Waals surface area contributed by atoms with Gasteiger partial charge in [-0.2, -0.15) is 0 Å². The van der Waals surface area contributed by atoms with Crippen LogP contribution in [0.2, 0.25) is 0 Å². The van der Waals surface area contributed by atoms with E-state index in [4.69, 9.17) is 0 Å². The molecule has 0 unspecified atom stereocenters. The van der Waals surface area contributed by atoms with Crippen molar-refractivity contribution in [1.29, 1.82) is 0 Å². The molecule has 4 aromatic rings. The molecular formula is C27H30N4OS2. The second-order valence-corrected chi connectivity index (χ2v) is 11.7. The topological polar surface area (TPSA) is 63.6 Å². The molecule has 1 N–H and O–H groups in total. The maximum Gasteiger partial charge on any atom is 0.192 e. The molecule has 3 aromatic heterocycles. The lowest BCUT2D eigenvalue weighted by atomic mass is 9.84.